The molecule has 2 heterocycles. The summed E-state index contributed by atoms with van der Waals surface area (Å²) in [5.74, 6) is -1.36. The lowest BCUT2D eigenvalue weighted by atomic mass is 9.98. The Morgan fingerprint density at radius 2 is 1.41 bits per heavy atom. The fraction of sp³-hybridized carbons (Fsp3) is 0.366. The van der Waals surface area contributed by atoms with E-state index in [1.54, 1.807) is 30.3 Å². The monoisotopic (exact) mass is 759 g/mol. The summed E-state index contributed by atoms with van der Waals surface area (Å²) >= 11 is 1.27. The van der Waals surface area contributed by atoms with E-state index < -0.39 is 60.4 Å². The number of benzene rings is 4. The van der Waals surface area contributed by atoms with Crippen LogP contribution in [0.1, 0.15) is 28.4 Å². The molecule has 7 unspecified atom stereocenters. The molecule has 0 amide bonds. The topological polar surface area (TPSA) is 143 Å². The number of carbonyl (C=O) groups is 2. The number of hydrogen-bond acceptors (Lipinski definition) is 13. The van der Waals surface area contributed by atoms with Gasteiger partial charge in [-0.3, -0.25) is 0 Å². The Kier molecular flexibility index (Phi) is 14.6. The normalized spacial score (nSPS) is 25.3. The highest BCUT2D eigenvalue weighted by molar-refractivity contribution is 7.99. The van der Waals surface area contributed by atoms with Gasteiger partial charge in [-0.05, 0) is 42.3 Å². The average molecular weight is 760 g/mol. The van der Waals surface area contributed by atoms with Crippen molar-refractivity contribution in [3.8, 4) is 0 Å². The summed E-state index contributed by atoms with van der Waals surface area (Å²) in [6.07, 6.45) is -8.44. The maximum absolute atomic E-state index is 13.8. The van der Waals surface area contributed by atoms with Gasteiger partial charge in [0.15, 0.2) is 24.7 Å². The fourth-order valence-electron chi connectivity index (χ4n) is 5.91. The number of thioether (sulfide) groups is 1. The van der Waals surface area contributed by atoms with E-state index in [1.165, 1.54) is 18.9 Å². The molecule has 9 atom stereocenters. The van der Waals surface area contributed by atoms with Crippen molar-refractivity contribution >= 4 is 23.7 Å². The minimum absolute atomic E-state index is 0.0742. The molecule has 2 saturated heterocycles. The highest BCUT2D eigenvalue weighted by Crippen LogP contribution is 2.39. The lowest BCUT2D eigenvalue weighted by Gasteiger charge is -2.46. The van der Waals surface area contributed by atoms with Crippen LogP contribution in [0.15, 0.2) is 126 Å². The van der Waals surface area contributed by atoms with Crippen molar-refractivity contribution in [2.45, 2.75) is 79.6 Å². The zero-order chi connectivity index (χ0) is 37.7. The summed E-state index contributed by atoms with van der Waals surface area (Å²) in [7, 11) is 1.25. The second-order valence-corrected chi connectivity index (χ2v) is 13.8. The second-order valence-electron chi connectivity index (χ2n) is 12.6. The summed E-state index contributed by atoms with van der Waals surface area (Å²) < 4.78 is 55.2. The molecule has 54 heavy (non-hydrogen) atoms. The molecule has 4 aromatic carbocycles. The number of rotatable bonds is 16. The van der Waals surface area contributed by atoms with Crippen LogP contribution in [0.3, 0.4) is 0 Å². The largest absolute Gasteiger partial charge is 0.467 e. The van der Waals surface area contributed by atoms with E-state index in [9.17, 15) is 9.59 Å². The van der Waals surface area contributed by atoms with E-state index in [2.05, 4.69) is 0 Å². The lowest BCUT2D eigenvalue weighted by molar-refractivity contribution is -0.320. The van der Waals surface area contributed by atoms with Crippen molar-refractivity contribution in [1.82, 2.24) is 0 Å². The minimum atomic E-state index is -1.38. The van der Waals surface area contributed by atoms with Gasteiger partial charge in [0, 0.05) is 4.90 Å². The van der Waals surface area contributed by atoms with Gasteiger partial charge < -0.3 is 48.4 Å². The van der Waals surface area contributed by atoms with Crippen LogP contribution >= 0.6 is 11.8 Å². The number of esters is 2. The van der Waals surface area contributed by atoms with Crippen molar-refractivity contribution in [2.24, 2.45) is 5.73 Å². The van der Waals surface area contributed by atoms with Crippen molar-refractivity contribution in [2.75, 3.05) is 20.5 Å². The number of methoxy groups -OCH3 is 1. The summed E-state index contributed by atoms with van der Waals surface area (Å²) in [4.78, 5) is 28.3. The molecular formula is C41H45NO11S. The minimum Gasteiger partial charge on any atom is -0.467 e. The first kappa shape index (κ1) is 39.5. The van der Waals surface area contributed by atoms with Gasteiger partial charge in [0.05, 0.1) is 38.6 Å². The molecule has 0 spiro atoms. The van der Waals surface area contributed by atoms with Crippen molar-refractivity contribution in [1.29, 1.82) is 0 Å². The number of hydrogen-bond donors (Lipinski definition) is 1. The molecule has 4 aromatic rings. The second kappa shape index (κ2) is 20.0. The lowest BCUT2D eigenvalue weighted by Crippen LogP contribution is -2.64. The molecular weight excluding hydrogens is 715 g/mol. The Morgan fingerprint density at radius 3 is 2.04 bits per heavy atom. The van der Waals surface area contributed by atoms with Crippen LogP contribution in [0.4, 0.5) is 0 Å². The Hall–Kier alpha value is -4.15. The standard InChI is InChI=1S/C41H45NO11S/c1-27-32(25-46-26-49-27)50-40(37(42)48-24-29-17-9-4-10-18-29)52-34-33(47-23-28-15-7-3-8-16-28)36(51-38(43)30-19-11-5-12-20-30)41(53-35(34)39(44)45-2)54-31-21-13-6-14-22-31/h3-22,27,32-37,40-41H,23-26,42H2,1-2H3/t27-,32?,33?,34?,35?,36?,37-,40?,41?/m0/s1. The van der Waals surface area contributed by atoms with E-state index in [4.69, 9.17) is 48.4 Å². The molecule has 13 heteroatoms. The maximum atomic E-state index is 13.8. The van der Waals surface area contributed by atoms with Gasteiger partial charge >= 0.3 is 11.9 Å². The first-order valence-corrected chi connectivity index (χ1v) is 18.6. The van der Waals surface area contributed by atoms with Crippen LogP contribution in [0.25, 0.3) is 0 Å². The zero-order valence-electron chi connectivity index (χ0n) is 30.0. The summed E-state index contributed by atoms with van der Waals surface area (Å²) in [6.45, 7) is 2.35. The third-order valence-corrected chi connectivity index (χ3v) is 9.99. The molecule has 2 aliphatic rings. The highest BCUT2D eigenvalue weighted by Gasteiger charge is 2.54. The Labute approximate surface area is 319 Å². The molecule has 0 saturated carbocycles. The third-order valence-electron chi connectivity index (χ3n) is 8.84. The molecule has 6 rings (SSSR count). The van der Waals surface area contributed by atoms with Crippen LogP contribution in [-0.2, 0) is 60.6 Å². The predicted molar refractivity (Wildman–Crippen MR) is 198 cm³/mol. The SMILES string of the molecule is COC(=O)C1OC(Sc2ccccc2)C(OC(=O)c2ccccc2)C(OCc2ccccc2)C1OC(OC1COCO[C@H]1C)[C@@H](N)OCc1ccccc1. The first-order chi connectivity index (χ1) is 26.4. The van der Waals surface area contributed by atoms with E-state index in [0.29, 0.717) is 5.56 Å². The Morgan fingerprint density at radius 1 is 0.796 bits per heavy atom. The molecule has 286 valence electrons. The number of ether oxygens (including phenoxy) is 9. The number of nitrogens with two attached hydrogens (primary N) is 1. The smallest absolute Gasteiger partial charge is 0.338 e. The molecule has 2 fully saturated rings. The quantitative estimate of drug-likeness (QED) is 0.114. The first-order valence-electron chi connectivity index (χ1n) is 17.7. The Balaban J connectivity index is 1.38. The molecule has 2 aliphatic heterocycles. The van der Waals surface area contributed by atoms with Gasteiger partial charge in [0.1, 0.15) is 30.5 Å². The van der Waals surface area contributed by atoms with E-state index in [-0.39, 0.29) is 32.7 Å². The molecule has 0 aromatic heterocycles. The van der Waals surface area contributed by atoms with Crippen LogP contribution < -0.4 is 5.73 Å². The maximum Gasteiger partial charge on any atom is 0.338 e. The van der Waals surface area contributed by atoms with Crippen LogP contribution in [0.5, 0.6) is 0 Å². The van der Waals surface area contributed by atoms with E-state index >= 15 is 0 Å². The van der Waals surface area contributed by atoms with Gasteiger partial charge in [-0.25, -0.2) is 9.59 Å². The molecule has 0 bridgehead atoms. The summed E-state index contributed by atoms with van der Waals surface area (Å²) in [5, 5.41) is 0. The van der Waals surface area contributed by atoms with Crippen LogP contribution in [-0.4, -0.2) is 87.0 Å². The third kappa shape index (κ3) is 10.7. The predicted octanol–water partition coefficient (Wildman–Crippen LogP) is 5.48. The van der Waals surface area contributed by atoms with Gasteiger partial charge in [0.2, 0.25) is 0 Å². The van der Waals surface area contributed by atoms with Crippen molar-refractivity contribution in [3.63, 3.8) is 0 Å². The van der Waals surface area contributed by atoms with Gasteiger partial charge in [-0.2, -0.15) is 0 Å². The zero-order valence-corrected chi connectivity index (χ0v) is 30.9. The molecule has 12 nitrogen and oxygen atoms in total. The van der Waals surface area contributed by atoms with Gasteiger partial charge in [0.25, 0.3) is 0 Å². The van der Waals surface area contributed by atoms with Crippen molar-refractivity contribution < 1.29 is 52.2 Å². The molecule has 0 aliphatic carbocycles. The van der Waals surface area contributed by atoms with E-state index in [0.717, 1.165) is 16.0 Å². The summed E-state index contributed by atoms with van der Waals surface area (Å²) in [6, 6.07) is 37.0. The van der Waals surface area contributed by atoms with Gasteiger partial charge in [-0.1, -0.05) is 109 Å². The van der Waals surface area contributed by atoms with E-state index in [1.807, 2.05) is 97.9 Å². The highest BCUT2D eigenvalue weighted by atomic mass is 32.2. The number of carbonyl (C=O) groups excluding carboxylic acids is 2. The van der Waals surface area contributed by atoms with Crippen LogP contribution in [0.2, 0.25) is 0 Å². The summed E-state index contributed by atoms with van der Waals surface area (Å²) in [5.41, 5.74) is 7.76. The fourth-order valence-corrected chi connectivity index (χ4v) is 7.02. The molecule has 2 N–H and O–H groups in total. The molecule has 0 radical (unpaired) electrons. The average Bonchev–Trinajstić information content (AvgIpc) is 3.22. The van der Waals surface area contributed by atoms with Gasteiger partial charge in [-0.15, -0.1) is 0 Å². The van der Waals surface area contributed by atoms with Crippen molar-refractivity contribution in [3.05, 3.63) is 138 Å². The van der Waals surface area contributed by atoms with Crippen LogP contribution in [0, 0.1) is 0 Å². The Bertz CT molecular complexity index is 1720.